The Morgan fingerprint density at radius 3 is 2.21 bits per heavy atom. The Balaban J connectivity index is 1.57. The van der Waals surface area contributed by atoms with Gasteiger partial charge in [-0.15, -0.1) is 0 Å². The van der Waals surface area contributed by atoms with Crippen LogP contribution < -0.4 is 0 Å². The third kappa shape index (κ3) is 5.08. The molecule has 8 atom stereocenters. The number of hydrogen-bond acceptors (Lipinski definition) is 5. The lowest BCUT2D eigenvalue weighted by atomic mass is 9.30. The minimum absolute atomic E-state index is 0.00786. The fourth-order valence-electron chi connectivity index (χ4n) is 12.3. The zero-order valence-electron chi connectivity index (χ0n) is 31.5. The number of fused-ring (bicyclic) bond motifs is 7. The zero-order chi connectivity index (χ0) is 35.4. The first-order chi connectivity index (χ1) is 21.3. The van der Waals surface area contributed by atoms with Crippen molar-refractivity contribution < 1.29 is 19.1 Å². The molecule has 0 N–H and O–H groups in total. The quantitative estimate of drug-likeness (QED) is 0.220. The molecule has 0 aromatic heterocycles. The van der Waals surface area contributed by atoms with Crippen molar-refractivity contribution in [2.45, 2.75) is 146 Å². The maximum absolute atomic E-state index is 15.0. The van der Waals surface area contributed by atoms with Crippen LogP contribution in [0.5, 0.6) is 0 Å². The number of rotatable bonds is 5. The number of Topliss-reactive ketones (excluding diaryl/α,β-unsaturated/α-hetero) is 1. The van der Waals surface area contributed by atoms with E-state index < -0.39 is 16.4 Å². The van der Waals surface area contributed by atoms with E-state index in [2.05, 4.69) is 61.1 Å². The first kappa shape index (κ1) is 35.8. The highest BCUT2D eigenvalue weighted by Crippen LogP contribution is 2.78. The summed E-state index contributed by atoms with van der Waals surface area (Å²) in [6.07, 6.45) is 12.8. The van der Waals surface area contributed by atoms with Gasteiger partial charge in [-0.05, 0) is 124 Å². The standard InChI is InChI=1S/C42H61NO4/c1-26(27(2)34(46)47-35(3,4)5)14-17-42-20-18-36(6,7)25-41(42,13)32-29(44)22-31-38(10)23-28(24-43)33(45)37(8,9)30(38)15-16-39(31,11)40(32,12)19-21-42/h22-23,26,30,32H,2,14-21,25H2,1,3-13H3/t26?,30?,32-,38-,39+,40+,41-,42+/m0/s1. The first-order valence-corrected chi connectivity index (χ1v) is 18.2. The van der Waals surface area contributed by atoms with E-state index in [0.717, 1.165) is 63.4 Å². The molecule has 0 aromatic rings. The summed E-state index contributed by atoms with van der Waals surface area (Å²) in [5.41, 5.74) is -0.445. The maximum Gasteiger partial charge on any atom is 0.334 e. The average molecular weight is 644 g/mol. The van der Waals surface area contributed by atoms with Gasteiger partial charge in [0.1, 0.15) is 11.7 Å². The highest BCUT2D eigenvalue weighted by atomic mass is 16.6. The lowest BCUT2D eigenvalue weighted by Crippen LogP contribution is -2.68. The lowest BCUT2D eigenvalue weighted by Gasteiger charge is -2.72. The zero-order valence-corrected chi connectivity index (χ0v) is 31.5. The number of ether oxygens (including phenoxy) is 1. The second kappa shape index (κ2) is 10.8. The van der Waals surface area contributed by atoms with E-state index in [-0.39, 0.29) is 67.9 Å². The number of nitriles is 1. The first-order valence-electron chi connectivity index (χ1n) is 18.2. The van der Waals surface area contributed by atoms with Gasteiger partial charge in [0, 0.05) is 22.3 Å². The Bertz CT molecular complexity index is 1510. The van der Waals surface area contributed by atoms with Crippen molar-refractivity contribution in [3.05, 3.63) is 35.5 Å². The molecule has 0 heterocycles. The molecule has 5 rings (SSSR count). The van der Waals surface area contributed by atoms with Crippen LogP contribution in [-0.4, -0.2) is 23.1 Å². The average Bonchev–Trinajstić information content (AvgIpc) is 2.93. The lowest BCUT2D eigenvalue weighted by molar-refractivity contribution is -0.209. The Morgan fingerprint density at radius 2 is 1.62 bits per heavy atom. The Hall–Kier alpha value is -2.48. The minimum Gasteiger partial charge on any atom is -0.457 e. The van der Waals surface area contributed by atoms with Crippen molar-refractivity contribution in [3.8, 4) is 6.07 Å². The van der Waals surface area contributed by atoms with Crippen LogP contribution in [0.1, 0.15) is 141 Å². The number of allylic oxidation sites excluding steroid dienone is 4. The van der Waals surface area contributed by atoms with Crippen molar-refractivity contribution >= 4 is 17.5 Å². The maximum atomic E-state index is 15.0. The van der Waals surface area contributed by atoms with Crippen LogP contribution in [0, 0.1) is 67.0 Å². The largest absolute Gasteiger partial charge is 0.457 e. The molecule has 5 heteroatoms. The van der Waals surface area contributed by atoms with Crippen LogP contribution in [0.25, 0.3) is 0 Å². The van der Waals surface area contributed by atoms with Gasteiger partial charge in [-0.3, -0.25) is 9.59 Å². The van der Waals surface area contributed by atoms with E-state index in [9.17, 15) is 14.9 Å². The van der Waals surface area contributed by atoms with E-state index in [1.165, 1.54) is 0 Å². The molecule has 3 fully saturated rings. The van der Waals surface area contributed by atoms with Gasteiger partial charge in [0.05, 0.1) is 5.57 Å². The summed E-state index contributed by atoms with van der Waals surface area (Å²) < 4.78 is 5.67. The molecule has 0 amide bonds. The second-order valence-corrected chi connectivity index (χ2v) is 19.7. The topological polar surface area (TPSA) is 84.2 Å². The highest BCUT2D eigenvalue weighted by Gasteiger charge is 2.72. The number of nitrogens with zero attached hydrogens (tertiary/aromatic N) is 1. The summed E-state index contributed by atoms with van der Waals surface area (Å²) in [7, 11) is 0. The number of carbonyl (C=O) groups excluding carboxylic acids is 3. The third-order valence-corrected chi connectivity index (χ3v) is 15.0. The molecule has 2 unspecified atom stereocenters. The molecule has 0 bridgehead atoms. The van der Waals surface area contributed by atoms with Gasteiger partial charge >= 0.3 is 5.97 Å². The van der Waals surface area contributed by atoms with Crippen LogP contribution in [0.4, 0.5) is 0 Å². The molecule has 47 heavy (non-hydrogen) atoms. The van der Waals surface area contributed by atoms with Crippen molar-refractivity contribution in [1.82, 2.24) is 0 Å². The van der Waals surface area contributed by atoms with Crippen molar-refractivity contribution in [2.24, 2.45) is 55.7 Å². The van der Waals surface area contributed by atoms with Gasteiger partial charge in [-0.2, -0.15) is 5.26 Å². The van der Waals surface area contributed by atoms with Gasteiger partial charge in [0.2, 0.25) is 0 Å². The predicted octanol–water partition coefficient (Wildman–Crippen LogP) is 9.91. The molecule has 3 saturated carbocycles. The number of esters is 1. The Morgan fingerprint density at radius 1 is 1.00 bits per heavy atom. The molecule has 0 aromatic carbocycles. The third-order valence-electron chi connectivity index (χ3n) is 15.0. The van der Waals surface area contributed by atoms with Crippen molar-refractivity contribution in [1.29, 1.82) is 5.26 Å². The summed E-state index contributed by atoms with van der Waals surface area (Å²) in [6, 6.07) is 2.22. The molecule has 0 saturated heterocycles. The van der Waals surface area contributed by atoms with Gasteiger partial charge < -0.3 is 4.74 Å². The number of ketones is 2. The van der Waals surface area contributed by atoms with Crippen LogP contribution in [0.3, 0.4) is 0 Å². The monoisotopic (exact) mass is 643 g/mol. The molecular formula is C42H61NO4. The number of hydrogen-bond donors (Lipinski definition) is 0. The SMILES string of the molecule is C=C(C(=O)OC(C)(C)C)C(C)CC[C@]12CCC(C)(C)C[C@@]1(C)[C@H]1C(=O)C=C3[C@@]4(C)C=C(C#N)C(=O)C(C)(C)C4CC[C@@]3(C)[C@]1(C)CC2. The molecule has 0 spiro atoms. The number of carbonyl (C=O) groups is 3. The van der Waals surface area contributed by atoms with Gasteiger partial charge in [0.25, 0.3) is 0 Å². The molecule has 5 nitrogen and oxygen atoms in total. The fraction of sp³-hybridized carbons (Fsp3) is 0.762. The normalized spacial score (nSPS) is 41.1. The van der Waals surface area contributed by atoms with Crippen molar-refractivity contribution in [2.75, 3.05) is 0 Å². The summed E-state index contributed by atoms with van der Waals surface area (Å²) in [6.45, 7) is 30.1. The molecule has 258 valence electrons. The van der Waals surface area contributed by atoms with Crippen LogP contribution >= 0.6 is 0 Å². The van der Waals surface area contributed by atoms with Gasteiger partial charge in [0.15, 0.2) is 11.6 Å². The fourth-order valence-corrected chi connectivity index (χ4v) is 12.3. The van der Waals surface area contributed by atoms with Crippen LogP contribution in [-0.2, 0) is 19.1 Å². The summed E-state index contributed by atoms with van der Waals surface area (Å²) >= 11 is 0. The molecule has 0 aliphatic heterocycles. The second-order valence-electron chi connectivity index (χ2n) is 19.7. The van der Waals surface area contributed by atoms with Crippen LogP contribution in [0.2, 0.25) is 0 Å². The molecular weight excluding hydrogens is 582 g/mol. The molecule has 5 aliphatic rings. The van der Waals surface area contributed by atoms with Crippen LogP contribution in [0.15, 0.2) is 35.5 Å². The molecule has 0 radical (unpaired) electrons. The van der Waals surface area contributed by atoms with Gasteiger partial charge in [-0.25, -0.2) is 4.79 Å². The van der Waals surface area contributed by atoms with Gasteiger partial charge in [-0.1, -0.05) is 80.5 Å². The predicted molar refractivity (Wildman–Crippen MR) is 187 cm³/mol. The molecule has 5 aliphatic carbocycles. The van der Waals surface area contributed by atoms with E-state index in [4.69, 9.17) is 4.74 Å². The van der Waals surface area contributed by atoms with Crippen molar-refractivity contribution in [3.63, 3.8) is 0 Å². The Kier molecular flexibility index (Phi) is 8.20. The summed E-state index contributed by atoms with van der Waals surface area (Å²) in [5, 5.41) is 10.0. The van der Waals surface area contributed by atoms with E-state index >= 15 is 4.79 Å². The summed E-state index contributed by atoms with van der Waals surface area (Å²) in [5.74, 6) is -0.242. The smallest absolute Gasteiger partial charge is 0.334 e. The van der Waals surface area contributed by atoms with E-state index in [0.29, 0.717) is 5.57 Å². The van der Waals surface area contributed by atoms with E-state index in [1.54, 1.807) is 0 Å². The minimum atomic E-state index is -0.668. The van der Waals surface area contributed by atoms with E-state index in [1.807, 2.05) is 46.8 Å². The summed E-state index contributed by atoms with van der Waals surface area (Å²) in [4.78, 5) is 41.3. The Labute approximate surface area is 285 Å². The highest BCUT2D eigenvalue weighted by molar-refractivity contribution is 6.04.